The quantitative estimate of drug-likeness (QED) is 0.177. The van der Waals surface area contributed by atoms with Gasteiger partial charge in [-0.3, -0.25) is 0 Å². The molecule has 0 saturated heterocycles. The highest BCUT2D eigenvalue weighted by Crippen LogP contribution is 2.19. The zero-order chi connectivity index (χ0) is 29.1. The summed E-state index contributed by atoms with van der Waals surface area (Å²) in [6.45, 7) is 13.4. The van der Waals surface area contributed by atoms with E-state index in [0.29, 0.717) is 33.4 Å². The topological polar surface area (TPSA) is 90.6 Å². The Bertz CT molecular complexity index is 1940. The predicted octanol–water partition coefficient (Wildman–Crippen LogP) is 8.17. The second kappa shape index (κ2) is 12.6. The molecule has 3 aromatic heterocycles. The summed E-state index contributed by atoms with van der Waals surface area (Å²) < 4.78 is 15.4. The molecule has 0 radical (unpaired) electrons. The van der Waals surface area contributed by atoms with Gasteiger partial charge in [0, 0.05) is 32.8 Å². The molecule has 0 aliphatic heterocycles. The van der Waals surface area contributed by atoms with Crippen molar-refractivity contribution in [3.63, 3.8) is 0 Å². The third-order valence-corrected chi connectivity index (χ3v) is 6.86. The van der Waals surface area contributed by atoms with E-state index in [2.05, 4.69) is 13.8 Å². The van der Waals surface area contributed by atoms with Crippen molar-refractivity contribution in [3.05, 3.63) is 137 Å². The van der Waals surface area contributed by atoms with Gasteiger partial charge in [0.15, 0.2) is 0 Å². The van der Waals surface area contributed by atoms with Crippen molar-refractivity contribution in [2.24, 2.45) is 0 Å². The van der Waals surface area contributed by atoms with Gasteiger partial charge in [-0.1, -0.05) is 25.6 Å². The van der Waals surface area contributed by atoms with E-state index in [1.165, 1.54) is 11.1 Å². The third kappa shape index (κ3) is 7.09. The molecule has 0 spiro atoms. The van der Waals surface area contributed by atoms with Gasteiger partial charge in [-0.25, -0.2) is 14.4 Å². The molecule has 0 aliphatic carbocycles. The molecule has 212 valence electrons. The van der Waals surface area contributed by atoms with Crippen LogP contribution in [0, 0.1) is 48.5 Å². The van der Waals surface area contributed by atoms with E-state index in [4.69, 9.17) is 13.3 Å². The fraction of sp³-hybridized carbons (Fsp3) is 0.229. The number of hydrogen-bond acceptors (Lipinski definition) is 6. The average molecular weight is 553 g/mol. The van der Waals surface area contributed by atoms with Crippen LogP contribution in [0.15, 0.2) is 94.4 Å². The lowest BCUT2D eigenvalue weighted by Gasteiger charge is -2.02. The number of para-hydroxylation sites is 1. The molecule has 41 heavy (non-hydrogen) atoms. The van der Waals surface area contributed by atoms with E-state index in [9.17, 15) is 14.4 Å². The van der Waals surface area contributed by atoms with Gasteiger partial charge < -0.3 is 13.3 Å². The SMILES string of the molecule is C.Cc1cc2cc(C)c(=O)oc2cc1C.Cc1cc2cc(C)c(=O)oc2cc1C.Cc1cc2ccccc2oc1=O. The monoisotopic (exact) mass is 552 g/mol. The van der Waals surface area contributed by atoms with Crippen molar-refractivity contribution in [1.29, 1.82) is 0 Å². The van der Waals surface area contributed by atoms with E-state index < -0.39 is 0 Å². The van der Waals surface area contributed by atoms with Crippen LogP contribution in [0.5, 0.6) is 0 Å². The molecule has 0 amide bonds. The van der Waals surface area contributed by atoms with E-state index in [0.717, 1.165) is 27.3 Å². The van der Waals surface area contributed by atoms with Crippen LogP contribution < -0.4 is 16.9 Å². The van der Waals surface area contributed by atoms with E-state index in [1.54, 1.807) is 26.8 Å². The lowest BCUT2D eigenvalue weighted by Crippen LogP contribution is -2.02. The molecule has 0 aliphatic rings. The Morgan fingerprint density at radius 1 is 0.390 bits per heavy atom. The molecule has 6 heteroatoms. The molecule has 0 N–H and O–H groups in total. The van der Waals surface area contributed by atoms with Crippen molar-refractivity contribution < 1.29 is 13.3 Å². The summed E-state index contributed by atoms with van der Waals surface area (Å²) in [5.41, 5.74) is 7.90. The molecule has 0 saturated carbocycles. The van der Waals surface area contributed by atoms with Gasteiger partial charge in [0.2, 0.25) is 0 Å². The molecule has 3 heterocycles. The third-order valence-electron chi connectivity index (χ3n) is 6.86. The number of benzene rings is 3. The minimum absolute atomic E-state index is 0. The summed E-state index contributed by atoms with van der Waals surface area (Å²) in [5.74, 6) is 0. The van der Waals surface area contributed by atoms with Gasteiger partial charge >= 0.3 is 16.9 Å². The van der Waals surface area contributed by atoms with Gasteiger partial charge in [-0.05, 0) is 119 Å². The van der Waals surface area contributed by atoms with Gasteiger partial charge in [-0.15, -0.1) is 0 Å². The maximum Gasteiger partial charge on any atom is 0.339 e. The van der Waals surface area contributed by atoms with Gasteiger partial charge in [-0.2, -0.15) is 0 Å². The fourth-order valence-electron chi connectivity index (χ4n) is 4.14. The van der Waals surface area contributed by atoms with Crippen LogP contribution in [-0.4, -0.2) is 0 Å². The van der Waals surface area contributed by atoms with Gasteiger partial charge in [0.25, 0.3) is 0 Å². The molecule has 0 fully saturated rings. The average Bonchev–Trinajstić information content (AvgIpc) is 2.90. The second-order valence-corrected chi connectivity index (χ2v) is 10.1. The summed E-state index contributed by atoms with van der Waals surface area (Å²) in [6, 6.07) is 20.9. The van der Waals surface area contributed by atoms with E-state index in [-0.39, 0.29) is 24.3 Å². The normalized spacial score (nSPS) is 10.4. The predicted molar refractivity (Wildman–Crippen MR) is 167 cm³/mol. The Kier molecular flexibility index (Phi) is 9.51. The van der Waals surface area contributed by atoms with Crippen molar-refractivity contribution in [3.8, 4) is 0 Å². The second-order valence-electron chi connectivity index (χ2n) is 10.1. The molecule has 0 atom stereocenters. The largest absolute Gasteiger partial charge is 0.423 e. The first kappa shape index (κ1) is 30.8. The Balaban J connectivity index is 0.000000168. The van der Waals surface area contributed by atoms with Gasteiger partial charge in [0.05, 0.1) is 0 Å². The zero-order valence-corrected chi connectivity index (χ0v) is 23.8. The first-order valence-corrected chi connectivity index (χ1v) is 13.0. The summed E-state index contributed by atoms with van der Waals surface area (Å²) in [4.78, 5) is 33.6. The molecule has 6 aromatic rings. The maximum absolute atomic E-state index is 11.3. The summed E-state index contributed by atoms with van der Waals surface area (Å²) in [7, 11) is 0. The van der Waals surface area contributed by atoms with Crippen LogP contribution in [0.2, 0.25) is 0 Å². The molecule has 6 nitrogen and oxygen atoms in total. The van der Waals surface area contributed by atoms with Crippen molar-refractivity contribution >= 4 is 32.9 Å². The molecule has 3 aromatic carbocycles. The molecular weight excluding hydrogens is 516 g/mol. The minimum Gasteiger partial charge on any atom is -0.423 e. The molecule has 0 bridgehead atoms. The lowest BCUT2D eigenvalue weighted by molar-refractivity contribution is 0.554. The Hall–Kier alpha value is -4.71. The number of hydrogen-bond donors (Lipinski definition) is 0. The Morgan fingerprint density at radius 2 is 0.707 bits per heavy atom. The van der Waals surface area contributed by atoms with Crippen LogP contribution in [-0.2, 0) is 0 Å². The van der Waals surface area contributed by atoms with E-state index >= 15 is 0 Å². The Morgan fingerprint density at radius 3 is 1.15 bits per heavy atom. The highest BCUT2D eigenvalue weighted by molar-refractivity contribution is 5.79. The number of aryl methyl sites for hydroxylation is 7. The molecule has 6 rings (SSSR count). The van der Waals surface area contributed by atoms with E-state index in [1.807, 2.05) is 74.5 Å². The first-order chi connectivity index (χ1) is 18.9. The number of rotatable bonds is 0. The highest BCUT2D eigenvalue weighted by atomic mass is 16.4. The van der Waals surface area contributed by atoms with Crippen LogP contribution in [0.3, 0.4) is 0 Å². The van der Waals surface area contributed by atoms with Gasteiger partial charge in [0.1, 0.15) is 16.7 Å². The molecule has 0 unspecified atom stereocenters. The lowest BCUT2D eigenvalue weighted by atomic mass is 10.1. The number of fused-ring (bicyclic) bond motifs is 3. The zero-order valence-electron chi connectivity index (χ0n) is 23.8. The minimum atomic E-state index is -0.256. The highest BCUT2D eigenvalue weighted by Gasteiger charge is 2.04. The van der Waals surface area contributed by atoms with Crippen LogP contribution in [0.4, 0.5) is 0 Å². The summed E-state index contributed by atoms with van der Waals surface area (Å²) >= 11 is 0. The summed E-state index contributed by atoms with van der Waals surface area (Å²) in [5, 5.41) is 2.95. The standard InChI is InChI=1S/2C12H12O2.C10H8O2.CH4/c2*1-7-4-10-5-9(3)12(13)14-11(10)6-8(7)2;1-7-6-8-4-2-3-5-9(8)12-10(7)11;/h2*4-6H,1-3H3;2-6H,1H3;1H4. The fourth-order valence-corrected chi connectivity index (χ4v) is 4.14. The van der Waals surface area contributed by atoms with Crippen molar-refractivity contribution in [2.75, 3.05) is 0 Å². The van der Waals surface area contributed by atoms with Crippen LogP contribution in [0.1, 0.15) is 46.4 Å². The maximum atomic E-state index is 11.3. The Labute approximate surface area is 238 Å². The van der Waals surface area contributed by atoms with Crippen molar-refractivity contribution in [1.82, 2.24) is 0 Å². The summed E-state index contributed by atoms with van der Waals surface area (Å²) in [6.07, 6.45) is 0. The molecular formula is C35H36O6. The van der Waals surface area contributed by atoms with Crippen molar-refractivity contribution in [2.45, 2.75) is 55.9 Å². The first-order valence-electron chi connectivity index (χ1n) is 13.0. The smallest absolute Gasteiger partial charge is 0.339 e. The van der Waals surface area contributed by atoms with Crippen LogP contribution in [0.25, 0.3) is 32.9 Å². The van der Waals surface area contributed by atoms with Crippen LogP contribution >= 0.6 is 0 Å².